The molecule has 114 valence electrons. The molecule has 1 aromatic carbocycles. The van der Waals surface area contributed by atoms with Crippen LogP contribution in [0.25, 0.3) is 0 Å². The Morgan fingerprint density at radius 2 is 1.76 bits per heavy atom. The molecule has 0 aliphatic carbocycles. The highest BCUT2D eigenvalue weighted by atomic mass is 16.5. The Bertz CT molecular complexity index is 560. The molecular formula is C17H25N3O. The summed E-state index contributed by atoms with van der Waals surface area (Å²) in [4.78, 5) is 4.44. The maximum atomic E-state index is 5.33. The molecule has 1 heterocycles. The van der Waals surface area contributed by atoms with Crippen molar-refractivity contribution in [1.29, 1.82) is 0 Å². The van der Waals surface area contributed by atoms with E-state index in [4.69, 9.17) is 4.52 Å². The summed E-state index contributed by atoms with van der Waals surface area (Å²) in [5, 5.41) is 7.53. The highest BCUT2D eigenvalue weighted by molar-refractivity contribution is 5.22. The van der Waals surface area contributed by atoms with Gasteiger partial charge in [0.05, 0.1) is 6.04 Å². The molecule has 0 radical (unpaired) electrons. The summed E-state index contributed by atoms with van der Waals surface area (Å²) >= 11 is 0. The van der Waals surface area contributed by atoms with Gasteiger partial charge in [0, 0.05) is 12.0 Å². The Hall–Kier alpha value is -1.68. The van der Waals surface area contributed by atoms with Gasteiger partial charge in [-0.3, -0.25) is 0 Å². The molecule has 0 saturated heterocycles. The number of rotatable bonds is 6. The minimum atomic E-state index is 0.0606. The van der Waals surface area contributed by atoms with Crippen molar-refractivity contribution in [3.63, 3.8) is 0 Å². The molecule has 2 rings (SSSR count). The first-order valence-corrected chi connectivity index (χ1v) is 7.60. The van der Waals surface area contributed by atoms with Crippen LogP contribution in [0.2, 0.25) is 0 Å². The van der Waals surface area contributed by atoms with Gasteiger partial charge in [-0.15, -0.1) is 0 Å². The lowest BCUT2D eigenvalue weighted by atomic mass is 10.0. The van der Waals surface area contributed by atoms with E-state index in [-0.39, 0.29) is 6.04 Å². The fourth-order valence-corrected chi connectivity index (χ4v) is 2.29. The van der Waals surface area contributed by atoms with Gasteiger partial charge in [0.15, 0.2) is 5.82 Å². The fraction of sp³-hybridized carbons (Fsp3) is 0.529. The number of aryl methyl sites for hydroxylation is 1. The predicted octanol–water partition coefficient (Wildman–Crippen LogP) is 3.78. The van der Waals surface area contributed by atoms with Crippen molar-refractivity contribution in [2.45, 2.75) is 59.0 Å². The minimum Gasteiger partial charge on any atom is -0.338 e. The molecule has 2 atom stereocenters. The van der Waals surface area contributed by atoms with Crippen molar-refractivity contribution in [3.05, 3.63) is 47.1 Å². The standard InChI is InChI=1S/C17H25N3O/c1-11(2)16-19-17(21-20-16)14(5)18-13(4)10-15-8-6-12(3)7-9-15/h6-9,11,13-14,18H,10H2,1-5H3/t13-,14-/m0/s1. The Morgan fingerprint density at radius 1 is 1.10 bits per heavy atom. The number of aromatic nitrogens is 2. The van der Waals surface area contributed by atoms with Gasteiger partial charge >= 0.3 is 0 Å². The topological polar surface area (TPSA) is 51.0 Å². The zero-order valence-electron chi connectivity index (χ0n) is 13.6. The summed E-state index contributed by atoms with van der Waals surface area (Å²) < 4.78 is 5.33. The molecule has 0 saturated carbocycles. The monoisotopic (exact) mass is 287 g/mol. The van der Waals surface area contributed by atoms with Gasteiger partial charge in [0.2, 0.25) is 5.89 Å². The minimum absolute atomic E-state index is 0.0606. The third-order valence-electron chi connectivity index (χ3n) is 3.54. The second-order valence-corrected chi connectivity index (χ2v) is 6.12. The highest BCUT2D eigenvalue weighted by Gasteiger charge is 2.17. The molecule has 4 nitrogen and oxygen atoms in total. The molecule has 0 aliphatic heterocycles. The Kier molecular flexibility index (Phi) is 5.12. The maximum Gasteiger partial charge on any atom is 0.243 e. The van der Waals surface area contributed by atoms with E-state index >= 15 is 0 Å². The molecule has 0 bridgehead atoms. The third-order valence-corrected chi connectivity index (χ3v) is 3.54. The molecular weight excluding hydrogens is 262 g/mol. The van der Waals surface area contributed by atoms with Crippen LogP contribution >= 0.6 is 0 Å². The predicted molar refractivity (Wildman–Crippen MR) is 84.3 cm³/mol. The van der Waals surface area contributed by atoms with Crippen LogP contribution in [0.4, 0.5) is 0 Å². The first-order chi connectivity index (χ1) is 9.95. The van der Waals surface area contributed by atoms with Gasteiger partial charge in [-0.05, 0) is 32.8 Å². The van der Waals surface area contributed by atoms with E-state index in [0.717, 1.165) is 12.2 Å². The first kappa shape index (κ1) is 15.7. The molecule has 0 fully saturated rings. The van der Waals surface area contributed by atoms with Crippen molar-refractivity contribution in [2.75, 3.05) is 0 Å². The molecule has 0 spiro atoms. The summed E-state index contributed by atoms with van der Waals surface area (Å²) in [6.07, 6.45) is 0.982. The van der Waals surface area contributed by atoms with Crippen LogP contribution in [0, 0.1) is 6.92 Å². The second-order valence-electron chi connectivity index (χ2n) is 6.12. The van der Waals surface area contributed by atoms with E-state index in [2.05, 4.69) is 74.3 Å². The fourth-order valence-electron chi connectivity index (χ4n) is 2.29. The van der Waals surface area contributed by atoms with Gasteiger partial charge in [-0.2, -0.15) is 4.98 Å². The van der Waals surface area contributed by atoms with E-state index < -0.39 is 0 Å². The molecule has 21 heavy (non-hydrogen) atoms. The quantitative estimate of drug-likeness (QED) is 0.878. The van der Waals surface area contributed by atoms with Gasteiger partial charge in [-0.1, -0.05) is 48.8 Å². The number of benzene rings is 1. The lowest BCUT2D eigenvalue weighted by molar-refractivity contribution is 0.323. The largest absolute Gasteiger partial charge is 0.338 e. The zero-order valence-corrected chi connectivity index (χ0v) is 13.6. The van der Waals surface area contributed by atoms with E-state index in [1.807, 2.05) is 0 Å². The molecule has 1 N–H and O–H groups in total. The highest BCUT2D eigenvalue weighted by Crippen LogP contribution is 2.16. The summed E-state index contributed by atoms with van der Waals surface area (Å²) in [5.74, 6) is 1.72. The first-order valence-electron chi connectivity index (χ1n) is 7.60. The molecule has 2 aromatic rings. The average Bonchev–Trinajstić information content (AvgIpc) is 2.91. The van der Waals surface area contributed by atoms with Crippen LogP contribution in [0.5, 0.6) is 0 Å². The SMILES string of the molecule is Cc1ccc(C[C@H](C)N[C@@H](C)c2nc(C(C)C)no2)cc1. The zero-order chi connectivity index (χ0) is 15.4. The molecule has 1 aromatic heterocycles. The lowest BCUT2D eigenvalue weighted by Crippen LogP contribution is -2.30. The Balaban J connectivity index is 1.91. The van der Waals surface area contributed by atoms with Crippen molar-refractivity contribution in [3.8, 4) is 0 Å². The average molecular weight is 287 g/mol. The summed E-state index contributed by atoms with van der Waals surface area (Å²) in [6.45, 7) is 10.5. The van der Waals surface area contributed by atoms with Gasteiger partial charge < -0.3 is 9.84 Å². The Labute approximate surface area is 127 Å². The van der Waals surface area contributed by atoms with Crippen molar-refractivity contribution < 1.29 is 4.52 Å². The van der Waals surface area contributed by atoms with Crippen molar-refractivity contribution >= 4 is 0 Å². The van der Waals surface area contributed by atoms with Crippen LogP contribution in [-0.2, 0) is 6.42 Å². The van der Waals surface area contributed by atoms with E-state index in [9.17, 15) is 0 Å². The number of hydrogen-bond acceptors (Lipinski definition) is 4. The summed E-state index contributed by atoms with van der Waals surface area (Å²) in [6, 6.07) is 9.07. The van der Waals surface area contributed by atoms with E-state index in [0.29, 0.717) is 17.9 Å². The number of nitrogens with one attached hydrogen (secondary N) is 1. The van der Waals surface area contributed by atoms with Crippen LogP contribution in [0.15, 0.2) is 28.8 Å². The van der Waals surface area contributed by atoms with Crippen LogP contribution in [-0.4, -0.2) is 16.2 Å². The van der Waals surface area contributed by atoms with Gasteiger partial charge in [0.25, 0.3) is 0 Å². The van der Waals surface area contributed by atoms with Crippen LogP contribution in [0.1, 0.15) is 62.5 Å². The van der Waals surface area contributed by atoms with Crippen LogP contribution in [0.3, 0.4) is 0 Å². The van der Waals surface area contributed by atoms with Gasteiger partial charge in [0.1, 0.15) is 0 Å². The normalized spacial score (nSPS) is 14.4. The number of hydrogen-bond donors (Lipinski definition) is 1. The second kappa shape index (κ2) is 6.85. The third kappa shape index (κ3) is 4.39. The Morgan fingerprint density at radius 3 is 2.33 bits per heavy atom. The maximum absolute atomic E-state index is 5.33. The molecule has 0 amide bonds. The smallest absolute Gasteiger partial charge is 0.243 e. The van der Waals surface area contributed by atoms with Crippen molar-refractivity contribution in [1.82, 2.24) is 15.5 Å². The summed E-state index contributed by atoms with van der Waals surface area (Å²) in [7, 11) is 0. The molecule has 0 aliphatic rings. The summed E-state index contributed by atoms with van der Waals surface area (Å²) in [5.41, 5.74) is 2.63. The van der Waals surface area contributed by atoms with E-state index in [1.165, 1.54) is 11.1 Å². The van der Waals surface area contributed by atoms with Crippen molar-refractivity contribution in [2.24, 2.45) is 0 Å². The number of nitrogens with zero attached hydrogens (tertiary/aromatic N) is 2. The molecule has 0 unspecified atom stereocenters. The van der Waals surface area contributed by atoms with Crippen LogP contribution < -0.4 is 5.32 Å². The van der Waals surface area contributed by atoms with E-state index in [1.54, 1.807) is 0 Å². The van der Waals surface area contributed by atoms with Gasteiger partial charge in [-0.25, -0.2) is 0 Å². The molecule has 4 heteroatoms. The lowest BCUT2D eigenvalue weighted by Gasteiger charge is -2.17.